The molecule has 0 saturated carbocycles. The smallest absolute Gasteiger partial charge is 0.325 e. The van der Waals surface area contributed by atoms with Crippen LogP contribution in [0.4, 0.5) is 0 Å². The van der Waals surface area contributed by atoms with Crippen molar-refractivity contribution in [2.24, 2.45) is 17.8 Å². The first-order valence-electron chi connectivity index (χ1n) is 24.9. The molecule has 0 aromatic rings. The van der Waals surface area contributed by atoms with E-state index in [4.69, 9.17) is 0 Å². The zero-order valence-corrected chi connectivity index (χ0v) is 42.5. The fourth-order valence-corrected chi connectivity index (χ4v) is 8.82. The van der Waals surface area contributed by atoms with Crippen LogP contribution in [0.1, 0.15) is 126 Å². The molecule has 3 aliphatic rings. The fourth-order valence-electron chi connectivity index (χ4n) is 8.82. The van der Waals surface area contributed by atoms with Gasteiger partial charge in [-0.3, -0.25) is 57.5 Å². The summed E-state index contributed by atoms with van der Waals surface area (Å²) in [7, 11) is 0. The van der Waals surface area contributed by atoms with Crippen LogP contribution in [0.15, 0.2) is 0 Å². The number of rotatable bonds is 27. The van der Waals surface area contributed by atoms with Gasteiger partial charge in [0, 0.05) is 19.5 Å². The van der Waals surface area contributed by atoms with Gasteiger partial charge in [0.05, 0.1) is 12.5 Å². The topological polar surface area (TPSA) is 368 Å². The highest BCUT2D eigenvalue weighted by atomic mass is 16.4. The van der Waals surface area contributed by atoms with E-state index >= 15 is 0 Å². The Balaban J connectivity index is 1.71. The highest BCUT2D eigenvalue weighted by Gasteiger charge is 2.44. The molecule has 25 nitrogen and oxygen atoms in total. The van der Waals surface area contributed by atoms with Crippen molar-refractivity contribution < 1.29 is 72.9 Å². The molecule has 404 valence electrons. The largest absolute Gasteiger partial charge is 0.481 e. The van der Waals surface area contributed by atoms with Crippen molar-refractivity contribution in [1.29, 1.82) is 0 Å². The number of carbonyl (C=O) groups excluding carboxylic acids is 9. The van der Waals surface area contributed by atoms with Crippen LogP contribution in [-0.2, 0) is 57.5 Å². The van der Waals surface area contributed by atoms with E-state index in [0.717, 1.165) is 6.42 Å². The Morgan fingerprint density at radius 1 is 0.556 bits per heavy atom. The summed E-state index contributed by atoms with van der Waals surface area (Å²) in [5, 5.41) is 48.6. The van der Waals surface area contributed by atoms with Crippen molar-refractivity contribution in [3.8, 4) is 0 Å². The van der Waals surface area contributed by atoms with E-state index in [0.29, 0.717) is 51.6 Å². The van der Waals surface area contributed by atoms with Crippen molar-refractivity contribution in [1.82, 2.24) is 52.3 Å². The summed E-state index contributed by atoms with van der Waals surface area (Å²) in [6, 6.07) is -12.1. The lowest BCUT2D eigenvalue weighted by Crippen LogP contribution is -2.61. The molecule has 0 bridgehead atoms. The molecule has 3 fully saturated rings. The summed E-state index contributed by atoms with van der Waals surface area (Å²) in [6.07, 6.45) is 1.87. The normalized spacial score (nSPS) is 20.9. The van der Waals surface area contributed by atoms with Crippen molar-refractivity contribution in [2.75, 3.05) is 19.6 Å². The summed E-state index contributed by atoms with van der Waals surface area (Å²) in [4.78, 5) is 160. The van der Waals surface area contributed by atoms with Crippen LogP contribution in [0.25, 0.3) is 0 Å². The SMILES string of the molecule is CC[C@H](C)[C@H](NC(=O)[C@@H](NC(=O)[C@H](C)NC(=O)[C@H](CC(=O)O)NC(=O)[C@H](CC(C)C)NC(=O)[C@@H]1CCCN1C(=O)[C@@H]1CCCN1C(=O)[C@@H]1CCCN1)C(C)C)C(=O)N[C@@H](CCC(=O)O)C(=O)N[C@@H](C)C(=O)O. The van der Waals surface area contributed by atoms with Gasteiger partial charge >= 0.3 is 17.9 Å². The van der Waals surface area contributed by atoms with E-state index in [2.05, 4.69) is 42.5 Å². The maximum absolute atomic E-state index is 14.0. The van der Waals surface area contributed by atoms with Gasteiger partial charge in [-0.2, -0.15) is 0 Å². The van der Waals surface area contributed by atoms with Crippen LogP contribution < -0.4 is 42.5 Å². The van der Waals surface area contributed by atoms with E-state index < -0.39 is 145 Å². The minimum atomic E-state index is -1.76. The molecule has 3 heterocycles. The third-order valence-corrected chi connectivity index (χ3v) is 13.2. The number of carboxylic acid groups (broad SMARTS) is 3. The molecule has 3 rings (SSSR count). The maximum Gasteiger partial charge on any atom is 0.325 e. The number of nitrogens with one attached hydrogen (secondary N) is 8. The van der Waals surface area contributed by atoms with Gasteiger partial charge in [0.1, 0.15) is 54.4 Å². The average molecular weight is 1020 g/mol. The monoisotopic (exact) mass is 1020 g/mol. The summed E-state index contributed by atoms with van der Waals surface area (Å²) < 4.78 is 0. The predicted molar refractivity (Wildman–Crippen MR) is 256 cm³/mol. The zero-order valence-electron chi connectivity index (χ0n) is 42.5. The van der Waals surface area contributed by atoms with Crippen LogP contribution in [0, 0.1) is 17.8 Å². The Hall–Kier alpha value is -6.40. The lowest BCUT2D eigenvalue weighted by molar-refractivity contribution is -0.147. The molecule has 0 aromatic carbocycles. The first-order valence-corrected chi connectivity index (χ1v) is 24.9. The number of likely N-dealkylation sites (tertiary alicyclic amines) is 2. The first kappa shape index (κ1) is 59.9. The molecule has 72 heavy (non-hydrogen) atoms. The van der Waals surface area contributed by atoms with Crippen LogP contribution in [0.3, 0.4) is 0 Å². The Morgan fingerprint density at radius 3 is 1.64 bits per heavy atom. The second-order valence-electron chi connectivity index (χ2n) is 19.8. The number of carbonyl (C=O) groups is 12. The Morgan fingerprint density at radius 2 is 1.10 bits per heavy atom. The van der Waals surface area contributed by atoms with Gasteiger partial charge in [-0.25, -0.2) is 0 Å². The zero-order chi connectivity index (χ0) is 54.1. The lowest BCUT2D eigenvalue weighted by atomic mass is 9.95. The minimum Gasteiger partial charge on any atom is -0.481 e. The molecule has 3 saturated heterocycles. The van der Waals surface area contributed by atoms with Crippen molar-refractivity contribution in [2.45, 2.75) is 186 Å². The van der Waals surface area contributed by atoms with Crippen LogP contribution >= 0.6 is 0 Å². The Kier molecular flexibility index (Phi) is 23.3. The second-order valence-corrected chi connectivity index (χ2v) is 19.8. The van der Waals surface area contributed by atoms with Gasteiger partial charge in [-0.1, -0.05) is 48.0 Å². The van der Waals surface area contributed by atoms with Crippen LogP contribution in [0.2, 0.25) is 0 Å². The van der Waals surface area contributed by atoms with Crippen LogP contribution in [0.5, 0.6) is 0 Å². The highest BCUT2D eigenvalue weighted by Crippen LogP contribution is 2.27. The predicted octanol–water partition coefficient (Wildman–Crippen LogP) is -1.67. The molecule has 11 N–H and O–H groups in total. The molecule has 3 aliphatic heterocycles. The number of nitrogens with zero attached hydrogens (tertiary/aromatic N) is 2. The summed E-state index contributed by atoms with van der Waals surface area (Å²) in [5.41, 5.74) is 0. The minimum absolute atomic E-state index is 0.0582. The fraction of sp³-hybridized carbons (Fsp3) is 0.745. The van der Waals surface area contributed by atoms with E-state index in [1.165, 1.54) is 18.7 Å². The molecule has 25 heteroatoms. The van der Waals surface area contributed by atoms with E-state index in [9.17, 15) is 72.9 Å². The second kappa shape index (κ2) is 28.0. The van der Waals surface area contributed by atoms with Crippen molar-refractivity contribution in [3.05, 3.63) is 0 Å². The summed E-state index contributed by atoms with van der Waals surface area (Å²) in [6.45, 7) is 13.9. The molecule has 11 atom stereocenters. The quantitative estimate of drug-likeness (QED) is 0.0438. The molecule has 9 amide bonds. The molecular weight excluding hydrogens is 945 g/mol. The van der Waals surface area contributed by atoms with E-state index in [1.54, 1.807) is 46.4 Å². The molecule has 0 aliphatic carbocycles. The lowest BCUT2D eigenvalue weighted by Gasteiger charge is -2.33. The molecule has 0 radical (unpaired) electrons. The van der Waals surface area contributed by atoms with Crippen molar-refractivity contribution >= 4 is 71.1 Å². The molecular formula is C47H76N10O15. The van der Waals surface area contributed by atoms with Gasteiger partial charge < -0.3 is 67.7 Å². The van der Waals surface area contributed by atoms with Gasteiger partial charge in [0.15, 0.2) is 0 Å². The third-order valence-electron chi connectivity index (χ3n) is 13.2. The van der Waals surface area contributed by atoms with Gasteiger partial charge in [0.25, 0.3) is 0 Å². The summed E-state index contributed by atoms with van der Waals surface area (Å²) >= 11 is 0. The Bertz CT molecular complexity index is 2010. The van der Waals surface area contributed by atoms with Gasteiger partial charge in [-0.05, 0) is 89.5 Å². The molecule has 0 unspecified atom stereocenters. The van der Waals surface area contributed by atoms with Crippen LogP contribution in [-0.4, -0.2) is 176 Å². The highest BCUT2D eigenvalue weighted by molar-refractivity contribution is 5.99. The van der Waals surface area contributed by atoms with Gasteiger partial charge in [-0.15, -0.1) is 0 Å². The Labute approximate surface area is 419 Å². The first-order chi connectivity index (χ1) is 33.8. The third kappa shape index (κ3) is 17.4. The van der Waals surface area contributed by atoms with Gasteiger partial charge in [0.2, 0.25) is 53.2 Å². The van der Waals surface area contributed by atoms with E-state index in [1.807, 2.05) is 0 Å². The number of hydrogen-bond acceptors (Lipinski definition) is 13. The average Bonchev–Trinajstić information content (AvgIpc) is 4.13. The number of amides is 9. The van der Waals surface area contributed by atoms with Crippen molar-refractivity contribution in [3.63, 3.8) is 0 Å². The number of carboxylic acids is 3. The maximum atomic E-state index is 14.0. The number of aliphatic carboxylic acids is 3. The summed E-state index contributed by atoms with van der Waals surface area (Å²) in [5.74, 6) is -12.3. The number of hydrogen-bond donors (Lipinski definition) is 11. The molecule has 0 aromatic heterocycles. The molecule has 0 spiro atoms. The standard InChI is InChI=1S/C47H76N10O15/c1-9-25(6)37(44(68)51-28(16-17-34(58)59)39(63)50-27(8)47(71)72)55-43(67)36(24(4)5)54-38(62)26(7)49-40(64)31(22-35(60)61)52-41(65)30(21-23(2)3)53-42(66)32-14-11-19-56(32)46(70)33-15-12-20-57(33)45(69)29-13-10-18-48-29/h23-33,36-37,48H,9-22H2,1-8H3,(H,49,64)(H,50,63)(H,51,68)(H,52,65)(H,53,66)(H,54,62)(H,55,67)(H,58,59)(H,60,61)(H,71,72)/t25-,26-,27-,28-,29-,30-,31-,32-,33-,36-,37-/m0/s1. The van der Waals surface area contributed by atoms with E-state index in [-0.39, 0.29) is 36.7 Å².